The van der Waals surface area contributed by atoms with Crippen LogP contribution in [-0.4, -0.2) is 23.7 Å². The van der Waals surface area contributed by atoms with Crippen LogP contribution in [0.2, 0.25) is 0 Å². The molecule has 2 aliphatic carbocycles. The molecule has 33 heavy (non-hydrogen) atoms. The number of ketones is 1. The Morgan fingerprint density at radius 2 is 1.61 bits per heavy atom. The molecule has 0 radical (unpaired) electrons. The molecule has 1 aromatic heterocycles. The number of carbonyl (C=O) groups is 2. The molecule has 1 saturated carbocycles. The molecule has 1 heterocycles. The number of Topliss-reactive ketones (excluding diaryl/α,β-unsaturated/α-hetero) is 1. The highest BCUT2D eigenvalue weighted by molar-refractivity contribution is 6.00. The summed E-state index contributed by atoms with van der Waals surface area (Å²) in [5, 5.41) is 3.93. The second-order valence-electron chi connectivity index (χ2n) is 10.0. The highest BCUT2D eigenvalue weighted by Gasteiger charge is 2.24. The van der Waals surface area contributed by atoms with Gasteiger partial charge in [0, 0.05) is 41.2 Å². The standard InChI is InChI=1S/C29H34N2O2/c1-30-29(33)22-12-10-20(11-13-22)16-19-6-8-21(9-7-19)17-28(32)23-14-15-27-25(18-23)24-4-2-3-5-26(24)31-27/h10-15,18-19,21,31H,2-9,16-17H2,1H3,(H,30,33). The second kappa shape index (κ2) is 9.54. The number of aromatic amines is 1. The van der Waals surface area contributed by atoms with E-state index in [1.807, 2.05) is 18.2 Å². The van der Waals surface area contributed by atoms with Crippen LogP contribution in [0, 0.1) is 11.8 Å². The van der Waals surface area contributed by atoms with Crippen LogP contribution in [0.3, 0.4) is 0 Å². The zero-order chi connectivity index (χ0) is 22.8. The lowest BCUT2D eigenvalue weighted by atomic mass is 9.77. The molecule has 0 aliphatic heterocycles. The minimum absolute atomic E-state index is 0.0396. The van der Waals surface area contributed by atoms with Gasteiger partial charge in [0.25, 0.3) is 5.91 Å². The Hall–Kier alpha value is -2.88. The molecule has 0 spiro atoms. The molecule has 3 aromatic rings. The average Bonchev–Trinajstić information content (AvgIpc) is 3.23. The molecule has 4 heteroatoms. The Morgan fingerprint density at radius 1 is 0.909 bits per heavy atom. The lowest BCUT2D eigenvalue weighted by Gasteiger charge is -2.28. The Morgan fingerprint density at radius 3 is 2.36 bits per heavy atom. The molecule has 0 bridgehead atoms. The van der Waals surface area contributed by atoms with Gasteiger partial charge in [-0.15, -0.1) is 0 Å². The molecule has 1 amide bonds. The molecule has 172 valence electrons. The van der Waals surface area contributed by atoms with Gasteiger partial charge in [-0.3, -0.25) is 9.59 Å². The van der Waals surface area contributed by atoms with E-state index >= 15 is 0 Å². The fourth-order valence-corrected chi connectivity index (χ4v) is 5.87. The number of aromatic nitrogens is 1. The van der Waals surface area contributed by atoms with E-state index < -0.39 is 0 Å². The Labute approximate surface area is 196 Å². The van der Waals surface area contributed by atoms with Crippen LogP contribution in [0.4, 0.5) is 0 Å². The quantitative estimate of drug-likeness (QED) is 0.458. The normalized spacial score (nSPS) is 20.4. The molecule has 2 aliphatic rings. The van der Waals surface area contributed by atoms with Crippen LogP contribution in [0.5, 0.6) is 0 Å². The highest BCUT2D eigenvalue weighted by Crippen LogP contribution is 2.34. The summed E-state index contributed by atoms with van der Waals surface area (Å²) in [4.78, 5) is 28.4. The molecule has 1 fully saturated rings. The number of H-pyrrole nitrogens is 1. The summed E-state index contributed by atoms with van der Waals surface area (Å²) in [5.41, 5.74) is 6.89. The van der Waals surface area contributed by atoms with Gasteiger partial charge >= 0.3 is 0 Å². The van der Waals surface area contributed by atoms with Crippen LogP contribution in [0.1, 0.15) is 82.5 Å². The largest absolute Gasteiger partial charge is 0.358 e. The van der Waals surface area contributed by atoms with Crippen molar-refractivity contribution in [2.75, 3.05) is 7.05 Å². The van der Waals surface area contributed by atoms with Crippen molar-refractivity contribution in [3.8, 4) is 0 Å². The van der Waals surface area contributed by atoms with Crippen LogP contribution in [0.15, 0.2) is 42.5 Å². The van der Waals surface area contributed by atoms with Crippen LogP contribution >= 0.6 is 0 Å². The Balaban J connectivity index is 1.16. The molecular weight excluding hydrogens is 408 g/mol. The predicted molar refractivity (Wildman–Crippen MR) is 133 cm³/mol. The monoisotopic (exact) mass is 442 g/mol. The number of carbonyl (C=O) groups excluding carboxylic acids is 2. The van der Waals surface area contributed by atoms with Gasteiger partial charge in [0.15, 0.2) is 5.78 Å². The first-order chi connectivity index (χ1) is 16.1. The summed E-state index contributed by atoms with van der Waals surface area (Å²) in [6.07, 6.45) is 11.1. The van der Waals surface area contributed by atoms with Crippen molar-refractivity contribution in [1.82, 2.24) is 10.3 Å². The van der Waals surface area contributed by atoms with E-state index in [9.17, 15) is 9.59 Å². The lowest BCUT2D eigenvalue weighted by molar-refractivity contribution is 0.0940. The van der Waals surface area contributed by atoms with E-state index in [0.29, 0.717) is 29.6 Å². The third-order valence-electron chi connectivity index (χ3n) is 7.83. The van der Waals surface area contributed by atoms with Crippen molar-refractivity contribution in [2.45, 2.75) is 64.2 Å². The van der Waals surface area contributed by atoms with Gasteiger partial charge in [0.1, 0.15) is 0 Å². The van der Waals surface area contributed by atoms with Crippen molar-refractivity contribution >= 4 is 22.6 Å². The number of hydrogen-bond donors (Lipinski definition) is 2. The van der Waals surface area contributed by atoms with Crippen molar-refractivity contribution in [3.05, 3.63) is 70.4 Å². The maximum atomic E-state index is 13.1. The van der Waals surface area contributed by atoms with Crippen LogP contribution in [0.25, 0.3) is 10.9 Å². The maximum absolute atomic E-state index is 13.1. The molecule has 4 nitrogen and oxygen atoms in total. The zero-order valence-electron chi connectivity index (χ0n) is 19.6. The van der Waals surface area contributed by atoms with Gasteiger partial charge < -0.3 is 10.3 Å². The number of hydrogen-bond acceptors (Lipinski definition) is 2. The zero-order valence-corrected chi connectivity index (χ0v) is 19.6. The summed E-state index contributed by atoms with van der Waals surface area (Å²) in [7, 11) is 1.66. The Bertz CT molecular complexity index is 1150. The van der Waals surface area contributed by atoms with Gasteiger partial charge in [-0.05, 0) is 111 Å². The van der Waals surface area contributed by atoms with E-state index in [4.69, 9.17) is 0 Å². The number of fused-ring (bicyclic) bond motifs is 3. The van der Waals surface area contributed by atoms with E-state index in [1.165, 1.54) is 53.4 Å². The maximum Gasteiger partial charge on any atom is 0.251 e. The summed E-state index contributed by atoms with van der Waals surface area (Å²) in [5.74, 6) is 1.43. The van der Waals surface area contributed by atoms with Gasteiger partial charge in [0.2, 0.25) is 0 Å². The van der Waals surface area contributed by atoms with Gasteiger partial charge in [0.05, 0.1) is 0 Å². The third kappa shape index (κ3) is 4.75. The minimum atomic E-state index is -0.0396. The first kappa shape index (κ1) is 21.9. The van der Waals surface area contributed by atoms with Crippen molar-refractivity contribution in [2.24, 2.45) is 11.8 Å². The topological polar surface area (TPSA) is 62.0 Å². The third-order valence-corrected chi connectivity index (χ3v) is 7.83. The first-order valence-corrected chi connectivity index (χ1v) is 12.6. The van der Waals surface area contributed by atoms with E-state index in [-0.39, 0.29) is 5.91 Å². The number of rotatable bonds is 6. The fourth-order valence-electron chi connectivity index (χ4n) is 5.87. The molecule has 0 atom stereocenters. The van der Waals surface area contributed by atoms with Crippen LogP contribution in [-0.2, 0) is 19.3 Å². The van der Waals surface area contributed by atoms with Crippen LogP contribution < -0.4 is 5.32 Å². The van der Waals surface area contributed by atoms with Crippen molar-refractivity contribution < 1.29 is 9.59 Å². The average molecular weight is 443 g/mol. The first-order valence-electron chi connectivity index (χ1n) is 12.6. The number of amides is 1. The van der Waals surface area contributed by atoms with E-state index in [2.05, 4.69) is 34.6 Å². The summed E-state index contributed by atoms with van der Waals surface area (Å²) in [6, 6.07) is 14.3. The molecule has 2 aromatic carbocycles. The molecule has 0 unspecified atom stereocenters. The lowest BCUT2D eigenvalue weighted by Crippen LogP contribution is -2.19. The SMILES string of the molecule is CNC(=O)c1ccc(CC2CCC(CC(=O)c3ccc4[nH]c5c(c4c3)CCCC5)CC2)cc1. The van der Waals surface area contributed by atoms with E-state index in [1.54, 1.807) is 7.05 Å². The van der Waals surface area contributed by atoms with Gasteiger partial charge in [-0.1, -0.05) is 12.1 Å². The number of benzene rings is 2. The molecule has 2 N–H and O–H groups in total. The number of aryl methyl sites for hydroxylation is 2. The molecule has 5 rings (SSSR count). The second-order valence-corrected chi connectivity index (χ2v) is 10.0. The predicted octanol–water partition coefficient (Wildman–Crippen LogP) is 6.03. The summed E-state index contributed by atoms with van der Waals surface area (Å²) in [6.45, 7) is 0. The van der Waals surface area contributed by atoms with Crippen molar-refractivity contribution in [3.63, 3.8) is 0 Å². The van der Waals surface area contributed by atoms with Crippen molar-refractivity contribution in [1.29, 1.82) is 0 Å². The molecular formula is C29H34N2O2. The Kier molecular flexibility index (Phi) is 6.34. The number of nitrogens with one attached hydrogen (secondary N) is 2. The summed E-state index contributed by atoms with van der Waals surface area (Å²) >= 11 is 0. The smallest absolute Gasteiger partial charge is 0.251 e. The summed E-state index contributed by atoms with van der Waals surface area (Å²) < 4.78 is 0. The minimum Gasteiger partial charge on any atom is -0.358 e. The fraction of sp³-hybridized carbons (Fsp3) is 0.448. The van der Waals surface area contributed by atoms with Gasteiger partial charge in [-0.2, -0.15) is 0 Å². The highest BCUT2D eigenvalue weighted by atomic mass is 16.1. The van der Waals surface area contributed by atoms with E-state index in [0.717, 1.165) is 37.7 Å². The van der Waals surface area contributed by atoms with Gasteiger partial charge in [-0.25, -0.2) is 0 Å². The molecule has 0 saturated heterocycles.